The number of ether oxygens (including phenoxy) is 2. The first-order chi connectivity index (χ1) is 9.11. The third-order valence-electron chi connectivity index (χ3n) is 3.14. The molecule has 0 spiro atoms. The lowest BCUT2D eigenvalue weighted by Gasteiger charge is -2.27. The van der Waals surface area contributed by atoms with Crippen LogP contribution in [0.3, 0.4) is 0 Å². The summed E-state index contributed by atoms with van der Waals surface area (Å²) < 4.78 is 10.7. The van der Waals surface area contributed by atoms with Crippen LogP contribution < -0.4 is 20.5 Å². The number of methoxy groups -OCH3 is 1. The van der Waals surface area contributed by atoms with Crippen LogP contribution in [0.5, 0.6) is 11.5 Å². The molecule has 0 aromatic heterocycles. The molecule has 1 heterocycles. The number of rotatable bonds is 5. The van der Waals surface area contributed by atoms with Gasteiger partial charge in [0.05, 0.1) is 13.7 Å². The molecule has 1 aromatic rings. The van der Waals surface area contributed by atoms with Gasteiger partial charge < -0.3 is 25.6 Å². The van der Waals surface area contributed by atoms with E-state index < -0.39 is 12.0 Å². The van der Waals surface area contributed by atoms with E-state index in [1.165, 1.54) is 0 Å². The van der Waals surface area contributed by atoms with Gasteiger partial charge in [0.1, 0.15) is 17.6 Å². The summed E-state index contributed by atoms with van der Waals surface area (Å²) in [6.07, 6.45) is -0.428. The molecular weight excluding hydrogens is 248 g/mol. The third kappa shape index (κ3) is 3.15. The van der Waals surface area contributed by atoms with Crippen LogP contribution in [0.15, 0.2) is 18.2 Å². The monoisotopic (exact) mass is 266 g/mol. The van der Waals surface area contributed by atoms with Gasteiger partial charge in [-0.05, 0) is 18.2 Å². The van der Waals surface area contributed by atoms with Gasteiger partial charge in [0, 0.05) is 24.6 Å². The van der Waals surface area contributed by atoms with Crippen molar-refractivity contribution < 1.29 is 19.4 Å². The molecule has 2 atom stereocenters. The zero-order chi connectivity index (χ0) is 13.8. The van der Waals surface area contributed by atoms with Crippen LogP contribution in [0.2, 0.25) is 0 Å². The van der Waals surface area contributed by atoms with Gasteiger partial charge in [-0.1, -0.05) is 0 Å². The molecular formula is C13H18N2O4. The van der Waals surface area contributed by atoms with Crippen molar-refractivity contribution in [1.29, 1.82) is 0 Å². The first-order valence-corrected chi connectivity index (χ1v) is 6.13. The van der Waals surface area contributed by atoms with Crippen molar-refractivity contribution in [2.75, 3.05) is 20.3 Å². The zero-order valence-corrected chi connectivity index (χ0v) is 10.8. The van der Waals surface area contributed by atoms with Crippen molar-refractivity contribution >= 4 is 5.91 Å². The van der Waals surface area contributed by atoms with Crippen LogP contribution in [-0.2, 0) is 4.79 Å². The first-order valence-electron chi connectivity index (χ1n) is 6.13. The van der Waals surface area contributed by atoms with Gasteiger partial charge in [-0.3, -0.25) is 4.79 Å². The standard InChI is InChI=1S/C13H18N2O4/c1-18-8-2-3-12-9(6-8)10(4-5-19-12)15-7-11(16)13(14)17/h2-3,6,10-11,15-16H,4-5,7H2,1H3,(H2,14,17). The Kier molecular flexibility index (Phi) is 4.24. The van der Waals surface area contributed by atoms with E-state index in [0.29, 0.717) is 6.61 Å². The lowest BCUT2D eigenvalue weighted by atomic mass is 10.00. The second kappa shape index (κ2) is 5.90. The van der Waals surface area contributed by atoms with Gasteiger partial charge >= 0.3 is 0 Å². The lowest BCUT2D eigenvalue weighted by Crippen LogP contribution is -2.40. The Morgan fingerprint density at radius 2 is 2.47 bits per heavy atom. The molecule has 0 saturated carbocycles. The molecule has 0 radical (unpaired) electrons. The molecule has 0 aliphatic carbocycles. The minimum absolute atomic E-state index is 0.00727. The average Bonchev–Trinajstić information content (AvgIpc) is 2.43. The lowest BCUT2D eigenvalue weighted by molar-refractivity contribution is -0.125. The Morgan fingerprint density at radius 1 is 1.68 bits per heavy atom. The summed E-state index contributed by atoms with van der Waals surface area (Å²) >= 11 is 0. The predicted molar refractivity (Wildman–Crippen MR) is 69.1 cm³/mol. The summed E-state index contributed by atoms with van der Waals surface area (Å²) in [5.41, 5.74) is 5.98. The number of hydrogen-bond acceptors (Lipinski definition) is 5. The zero-order valence-electron chi connectivity index (χ0n) is 10.8. The highest BCUT2D eigenvalue weighted by Gasteiger charge is 2.23. The molecule has 4 N–H and O–H groups in total. The molecule has 0 fully saturated rings. The molecule has 1 amide bonds. The third-order valence-corrected chi connectivity index (χ3v) is 3.14. The van der Waals surface area contributed by atoms with Gasteiger partial charge in [-0.15, -0.1) is 0 Å². The summed E-state index contributed by atoms with van der Waals surface area (Å²) in [6, 6.07) is 5.59. The van der Waals surface area contributed by atoms with Gasteiger partial charge in [0.15, 0.2) is 0 Å². The van der Waals surface area contributed by atoms with E-state index in [1.807, 2.05) is 18.2 Å². The van der Waals surface area contributed by atoms with Crippen LogP contribution >= 0.6 is 0 Å². The number of amides is 1. The highest BCUT2D eigenvalue weighted by molar-refractivity contribution is 5.78. The molecule has 6 heteroatoms. The van der Waals surface area contributed by atoms with E-state index >= 15 is 0 Å². The highest BCUT2D eigenvalue weighted by atomic mass is 16.5. The minimum Gasteiger partial charge on any atom is -0.497 e. The second-order valence-electron chi connectivity index (χ2n) is 4.42. The highest BCUT2D eigenvalue weighted by Crippen LogP contribution is 2.34. The number of nitrogens with one attached hydrogen (secondary N) is 1. The van der Waals surface area contributed by atoms with E-state index in [4.69, 9.17) is 15.2 Å². The average molecular weight is 266 g/mol. The summed E-state index contributed by atoms with van der Waals surface area (Å²) in [5, 5.41) is 12.5. The summed E-state index contributed by atoms with van der Waals surface area (Å²) in [4.78, 5) is 10.8. The Hall–Kier alpha value is -1.79. The minimum atomic E-state index is -1.18. The summed E-state index contributed by atoms with van der Waals surface area (Å²) in [6.45, 7) is 0.709. The van der Waals surface area contributed by atoms with Gasteiger partial charge in [-0.2, -0.15) is 0 Å². The van der Waals surface area contributed by atoms with E-state index in [2.05, 4.69) is 5.32 Å². The maximum Gasteiger partial charge on any atom is 0.247 e. The SMILES string of the molecule is COc1ccc2c(c1)C(NCC(O)C(N)=O)CCO2. The summed E-state index contributed by atoms with van der Waals surface area (Å²) in [5.74, 6) is 0.801. The van der Waals surface area contributed by atoms with E-state index in [1.54, 1.807) is 7.11 Å². The Balaban J connectivity index is 2.10. The maximum atomic E-state index is 10.8. The molecule has 2 unspecified atom stereocenters. The van der Waals surface area contributed by atoms with Crippen molar-refractivity contribution in [2.45, 2.75) is 18.6 Å². The Bertz CT molecular complexity index is 464. The fourth-order valence-electron chi connectivity index (χ4n) is 2.07. The molecule has 1 aliphatic heterocycles. The number of aliphatic hydroxyl groups is 1. The van der Waals surface area contributed by atoms with Crippen molar-refractivity contribution in [1.82, 2.24) is 5.32 Å². The quantitative estimate of drug-likeness (QED) is 0.695. The predicted octanol–water partition coefficient (Wildman–Crippen LogP) is -0.0454. The molecule has 1 aliphatic rings. The molecule has 0 bridgehead atoms. The first kappa shape index (κ1) is 13.6. The number of carbonyl (C=O) groups excluding carboxylic acids is 1. The molecule has 6 nitrogen and oxygen atoms in total. The molecule has 2 rings (SSSR count). The number of aliphatic hydroxyl groups excluding tert-OH is 1. The fourth-order valence-corrected chi connectivity index (χ4v) is 2.07. The van der Waals surface area contributed by atoms with E-state index in [-0.39, 0.29) is 12.6 Å². The smallest absolute Gasteiger partial charge is 0.247 e. The van der Waals surface area contributed by atoms with Crippen LogP contribution in [0.4, 0.5) is 0 Å². The number of nitrogens with two attached hydrogens (primary N) is 1. The van der Waals surface area contributed by atoms with Crippen molar-refractivity contribution in [3.63, 3.8) is 0 Å². The normalized spacial score (nSPS) is 19.2. The van der Waals surface area contributed by atoms with Crippen LogP contribution in [0, 0.1) is 0 Å². The fraction of sp³-hybridized carbons (Fsp3) is 0.462. The largest absolute Gasteiger partial charge is 0.497 e. The molecule has 19 heavy (non-hydrogen) atoms. The topological polar surface area (TPSA) is 93.8 Å². The van der Waals surface area contributed by atoms with Crippen molar-refractivity contribution in [2.24, 2.45) is 5.73 Å². The molecule has 1 aromatic carbocycles. The van der Waals surface area contributed by atoms with Crippen LogP contribution in [-0.4, -0.2) is 37.4 Å². The van der Waals surface area contributed by atoms with Crippen LogP contribution in [0.1, 0.15) is 18.0 Å². The number of carbonyl (C=O) groups is 1. The number of benzene rings is 1. The Morgan fingerprint density at radius 3 is 3.16 bits per heavy atom. The molecule has 0 saturated heterocycles. The molecule has 104 valence electrons. The van der Waals surface area contributed by atoms with Gasteiger partial charge in [0.25, 0.3) is 0 Å². The van der Waals surface area contributed by atoms with Crippen molar-refractivity contribution in [3.8, 4) is 11.5 Å². The van der Waals surface area contributed by atoms with Crippen molar-refractivity contribution in [3.05, 3.63) is 23.8 Å². The summed E-state index contributed by atoms with van der Waals surface area (Å²) in [7, 11) is 1.60. The van der Waals surface area contributed by atoms with Gasteiger partial charge in [0.2, 0.25) is 5.91 Å². The number of primary amides is 1. The maximum absolute atomic E-state index is 10.8. The van der Waals surface area contributed by atoms with Gasteiger partial charge in [-0.25, -0.2) is 0 Å². The van der Waals surface area contributed by atoms with Crippen LogP contribution in [0.25, 0.3) is 0 Å². The van der Waals surface area contributed by atoms with E-state index in [0.717, 1.165) is 23.5 Å². The van der Waals surface area contributed by atoms with E-state index in [9.17, 15) is 9.90 Å². The second-order valence-corrected chi connectivity index (χ2v) is 4.42. The number of hydrogen-bond donors (Lipinski definition) is 3. The Labute approximate surface area is 111 Å². The number of fused-ring (bicyclic) bond motifs is 1.